The molecule has 0 aromatic carbocycles. The molecule has 0 bridgehead atoms. The lowest BCUT2D eigenvalue weighted by molar-refractivity contribution is 0.262. The number of anilines is 2. The van der Waals surface area contributed by atoms with Crippen LogP contribution in [0.1, 0.15) is 0 Å². The average molecular weight is 263 g/mol. The molecule has 0 aliphatic carbocycles. The molecule has 0 aliphatic heterocycles. The maximum atomic E-state index is 11.7. The van der Waals surface area contributed by atoms with Crippen LogP contribution in [0.5, 0.6) is 0 Å². The van der Waals surface area contributed by atoms with E-state index >= 15 is 0 Å². The number of pyridine rings is 1. The molecule has 2 heterocycles. The van der Waals surface area contributed by atoms with E-state index in [0.29, 0.717) is 11.5 Å². The van der Waals surface area contributed by atoms with Gasteiger partial charge in [-0.2, -0.15) is 5.10 Å². The number of thioether (sulfide) groups is 1. The Morgan fingerprint density at radius 3 is 2.89 bits per heavy atom. The Labute approximate surface area is 109 Å². The summed E-state index contributed by atoms with van der Waals surface area (Å²) in [4.78, 5) is 15.8. The van der Waals surface area contributed by atoms with Crippen LogP contribution in [-0.2, 0) is 7.05 Å². The monoisotopic (exact) mass is 263 g/mol. The number of nitrogens with zero attached hydrogens (tertiary/aromatic N) is 3. The zero-order chi connectivity index (χ0) is 13.0. The predicted molar refractivity (Wildman–Crippen MR) is 71.9 cm³/mol. The van der Waals surface area contributed by atoms with E-state index in [2.05, 4.69) is 20.7 Å². The van der Waals surface area contributed by atoms with Crippen LogP contribution in [0.2, 0.25) is 0 Å². The molecule has 0 saturated heterocycles. The summed E-state index contributed by atoms with van der Waals surface area (Å²) in [5, 5.41) is 10.3. The molecule has 2 aromatic heterocycles. The fraction of sp³-hybridized carbons (Fsp3) is 0.182. The molecule has 0 radical (unpaired) electrons. The quantitative estimate of drug-likeness (QED) is 0.833. The number of aromatic nitrogens is 3. The van der Waals surface area contributed by atoms with Crippen molar-refractivity contribution in [2.24, 2.45) is 7.05 Å². The second-order valence-corrected chi connectivity index (χ2v) is 4.37. The molecule has 2 aromatic rings. The Hall–Kier alpha value is -2.02. The van der Waals surface area contributed by atoms with Gasteiger partial charge in [-0.1, -0.05) is 0 Å². The first-order valence-corrected chi connectivity index (χ1v) is 6.47. The van der Waals surface area contributed by atoms with E-state index in [4.69, 9.17) is 0 Å². The van der Waals surface area contributed by atoms with Crippen molar-refractivity contribution in [3.63, 3.8) is 0 Å². The van der Waals surface area contributed by atoms with Crippen molar-refractivity contribution in [2.45, 2.75) is 5.03 Å². The molecule has 0 aliphatic rings. The van der Waals surface area contributed by atoms with E-state index in [0.717, 1.165) is 5.03 Å². The van der Waals surface area contributed by atoms with Crippen molar-refractivity contribution in [3.8, 4) is 0 Å². The van der Waals surface area contributed by atoms with Crippen molar-refractivity contribution in [1.29, 1.82) is 0 Å². The van der Waals surface area contributed by atoms with E-state index in [1.165, 1.54) is 11.8 Å². The highest BCUT2D eigenvalue weighted by Crippen LogP contribution is 2.16. The van der Waals surface area contributed by atoms with Gasteiger partial charge in [0.25, 0.3) is 0 Å². The first-order chi connectivity index (χ1) is 8.67. The van der Waals surface area contributed by atoms with Gasteiger partial charge >= 0.3 is 6.03 Å². The van der Waals surface area contributed by atoms with Gasteiger partial charge in [-0.05, 0) is 18.4 Å². The van der Waals surface area contributed by atoms with Crippen molar-refractivity contribution in [2.75, 3.05) is 16.9 Å². The number of urea groups is 1. The van der Waals surface area contributed by atoms with E-state index in [1.54, 1.807) is 36.3 Å². The maximum Gasteiger partial charge on any atom is 0.324 e. The molecule has 0 atom stereocenters. The molecule has 0 fully saturated rings. The van der Waals surface area contributed by atoms with Crippen LogP contribution >= 0.6 is 11.8 Å². The highest BCUT2D eigenvalue weighted by atomic mass is 32.2. The lowest BCUT2D eigenvalue weighted by Crippen LogP contribution is -2.19. The van der Waals surface area contributed by atoms with E-state index < -0.39 is 0 Å². The molecule has 0 unspecified atom stereocenters. The number of aryl methyl sites for hydroxylation is 1. The van der Waals surface area contributed by atoms with Crippen molar-refractivity contribution in [3.05, 3.63) is 30.6 Å². The maximum absolute atomic E-state index is 11.7. The molecule has 2 amide bonds. The zero-order valence-corrected chi connectivity index (χ0v) is 10.9. The molecule has 7 heteroatoms. The van der Waals surface area contributed by atoms with Gasteiger partial charge < -0.3 is 5.32 Å². The van der Waals surface area contributed by atoms with Crippen LogP contribution in [0.3, 0.4) is 0 Å². The van der Waals surface area contributed by atoms with Gasteiger partial charge in [-0.15, -0.1) is 11.8 Å². The lowest BCUT2D eigenvalue weighted by atomic mass is 10.4. The third-order valence-corrected chi connectivity index (χ3v) is 2.80. The Balaban J connectivity index is 1.98. The van der Waals surface area contributed by atoms with Crippen molar-refractivity contribution >= 4 is 29.3 Å². The summed E-state index contributed by atoms with van der Waals surface area (Å²) in [6.07, 6.45) is 5.34. The summed E-state index contributed by atoms with van der Waals surface area (Å²) in [7, 11) is 1.79. The number of amides is 2. The van der Waals surface area contributed by atoms with Crippen LogP contribution in [0.25, 0.3) is 0 Å². The fourth-order valence-corrected chi connectivity index (χ4v) is 1.77. The first-order valence-electron chi connectivity index (χ1n) is 5.25. The molecular weight excluding hydrogens is 250 g/mol. The van der Waals surface area contributed by atoms with Crippen LogP contribution in [0, 0.1) is 0 Å². The standard InChI is InChI=1S/C11H13N5OS/c1-16-6-4-9(15-16)14-11(17)13-8-3-5-12-10(7-8)18-2/h3-7H,1-2H3,(H2,12,13,14,15,17). The zero-order valence-electron chi connectivity index (χ0n) is 10.0. The number of carbonyl (C=O) groups excluding carboxylic acids is 1. The molecule has 0 saturated carbocycles. The van der Waals surface area contributed by atoms with Gasteiger partial charge in [-0.25, -0.2) is 9.78 Å². The SMILES string of the molecule is CSc1cc(NC(=O)Nc2ccn(C)n2)ccn1. The Kier molecular flexibility index (Phi) is 3.83. The average Bonchev–Trinajstić information content (AvgIpc) is 2.74. The van der Waals surface area contributed by atoms with Crippen LogP contribution in [0.4, 0.5) is 16.3 Å². The number of hydrogen-bond acceptors (Lipinski definition) is 4. The third kappa shape index (κ3) is 3.24. The fourth-order valence-electron chi connectivity index (χ4n) is 1.36. The van der Waals surface area contributed by atoms with Gasteiger partial charge in [0.15, 0.2) is 5.82 Å². The number of rotatable bonds is 3. The summed E-state index contributed by atoms with van der Waals surface area (Å²) in [5.74, 6) is 0.508. The minimum Gasteiger partial charge on any atom is -0.308 e. The van der Waals surface area contributed by atoms with Gasteiger partial charge in [0.1, 0.15) is 0 Å². The highest BCUT2D eigenvalue weighted by Gasteiger charge is 2.05. The summed E-state index contributed by atoms with van der Waals surface area (Å²) >= 11 is 1.52. The van der Waals surface area contributed by atoms with Gasteiger partial charge in [-0.3, -0.25) is 10.00 Å². The molecule has 94 valence electrons. The molecule has 0 spiro atoms. The van der Waals surface area contributed by atoms with Gasteiger partial charge in [0.2, 0.25) is 0 Å². The third-order valence-electron chi connectivity index (χ3n) is 2.16. The van der Waals surface area contributed by atoms with Crippen LogP contribution < -0.4 is 10.6 Å². The second-order valence-electron chi connectivity index (χ2n) is 3.54. The lowest BCUT2D eigenvalue weighted by Gasteiger charge is -2.06. The molecule has 6 nitrogen and oxygen atoms in total. The topological polar surface area (TPSA) is 71.8 Å². The summed E-state index contributed by atoms with van der Waals surface area (Å²) in [6.45, 7) is 0. The largest absolute Gasteiger partial charge is 0.324 e. The second kappa shape index (κ2) is 5.54. The normalized spacial score (nSPS) is 10.1. The molecule has 2 N–H and O–H groups in total. The van der Waals surface area contributed by atoms with E-state index in [-0.39, 0.29) is 6.03 Å². The molecule has 2 rings (SSSR count). The molecular formula is C11H13N5OS. The Bertz CT molecular complexity index is 554. The van der Waals surface area contributed by atoms with Crippen LogP contribution in [0.15, 0.2) is 35.6 Å². The minimum absolute atomic E-state index is 0.327. The Morgan fingerprint density at radius 1 is 1.39 bits per heavy atom. The smallest absolute Gasteiger partial charge is 0.308 e. The first kappa shape index (κ1) is 12.4. The van der Waals surface area contributed by atoms with E-state index in [9.17, 15) is 4.79 Å². The molecule has 18 heavy (non-hydrogen) atoms. The number of nitrogens with one attached hydrogen (secondary N) is 2. The van der Waals surface area contributed by atoms with Crippen molar-refractivity contribution < 1.29 is 4.79 Å². The predicted octanol–water partition coefficient (Wildman–Crippen LogP) is 2.18. The Morgan fingerprint density at radius 2 is 2.22 bits per heavy atom. The van der Waals surface area contributed by atoms with Crippen LogP contribution in [-0.4, -0.2) is 27.1 Å². The van der Waals surface area contributed by atoms with E-state index in [1.807, 2.05) is 12.3 Å². The summed E-state index contributed by atoms with van der Waals surface area (Å²) in [5.41, 5.74) is 0.697. The number of carbonyl (C=O) groups is 1. The number of hydrogen-bond donors (Lipinski definition) is 2. The van der Waals surface area contributed by atoms with Gasteiger partial charge in [0.05, 0.1) is 5.03 Å². The van der Waals surface area contributed by atoms with Crippen molar-refractivity contribution in [1.82, 2.24) is 14.8 Å². The van der Waals surface area contributed by atoms with Gasteiger partial charge in [0, 0.05) is 31.2 Å². The highest BCUT2D eigenvalue weighted by molar-refractivity contribution is 7.98. The minimum atomic E-state index is -0.327. The summed E-state index contributed by atoms with van der Waals surface area (Å²) < 4.78 is 1.62. The summed E-state index contributed by atoms with van der Waals surface area (Å²) in [6, 6.07) is 4.94.